The normalized spacial score (nSPS) is 31.0. The molecule has 168 valence electrons. The monoisotopic (exact) mass is 427 g/mol. The molecule has 0 bridgehead atoms. The van der Waals surface area contributed by atoms with Crippen molar-refractivity contribution in [2.24, 2.45) is 11.3 Å². The second-order valence-electron chi connectivity index (χ2n) is 9.86. The van der Waals surface area contributed by atoms with Crippen molar-refractivity contribution in [1.29, 1.82) is 0 Å². The standard InChI is InChI=1S/C24H33N3O4/c1-2-31-23(30)26-12-9-24(16-26)13-19(14-24)25-10-7-17(8-11-25)21-20-6-4-3-5-18(20)15-27(21)22(28)29/h3-6,17,19,21H,2,7-16H2,1H3,(H,28,29). The van der Waals surface area contributed by atoms with Gasteiger partial charge >= 0.3 is 12.2 Å². The van der Waals surface area contributed by atoms with Crippen molar-refractivity contribution < 1.29 is 19.4 Å². The van der Waals surface area contributed by atoms with E-state index in [1.165, 1.54) is 18.4 Å². The third-order valence-electron chi connectivity index (χ3n) is 8.13. The molecule has 2 amide bonds. The van der Waals surface area contributed by atoms with E-state index in [1.54, 1.807) is 4.90 Å². The van der Waals surface area contributed by atoms with Crippen LogP contribution in [0.2, 0.25) is 0 Å². The molecular weight excluding hydrogens is 394 g/mol. The summed E-state index contributed by atoms with van der Waals surface area (Å²) in [6.45, 7) is 6.54. The predicted molar refractivity (Wildman–Crippen MR) is 116 cm³/mol. The van der Waals surface area contributed by atoms with Gasteiger partial charge in [0.15, 0.2) is 0 Å². The summed E-state index contributed by atoms with van der Waals surface area (Å²) < 4.78 is 5.17. The SMILES string of the molecule is CCOC(=O)N1CCC2(CC(N3CCC(C4c5ccccc5CN4C(=O)O)CC3)C2)C1. The topological polar surface area (TPSA) is 73.3 Å². The van der Waals surface area contributed by atoms with Crippen molar-refractivity contribution in [2.75, 3.05) is 32.8 Å². The molecular formula is C24H33N3O4. The summed E-state index contributed by atoms with van der Waals surface area (Å²) in [7, 11) is 0. The van der Waals surface area contributed by atoms with Gasteiger partial charge in [-0.1, -0.05) is 24.3 Å². The Bertz CT molecular complexity index is 845. The van der Waals surface area contributed by atoms with Crippen LogP contribution in [0.25, 0.3) is 0 Å². The summed E-state index contributed by atoms with van der Waals surface area (Å²) >= 11 is 0. The number of rotatable bonds is 3. The van der Waals surface area contributed by atoms with E-state index in [-0.39, 0.29) is 12.1 Å². The number of piperidine rings is 1. The molecule has 0 radical (unpaired) electrons. The van der Waals surface area contributed by atoms with Gasteiger partial charge in [-0.15, -0.1) is 0 Å². The van der Waals surface area contributed by atoms with Gasteiger partial charge in [-0.3, -0.25) is 4.90 Å². The number of hydrogen-bond donors (Lipinski definition) is 1. The molecule has 1 aliphatic carbocycles. The Morgan fingerprint density at radius 2 is 1.90 bits per heavy atom. The molecule has 4 aliphatic rings. The van der Waals surface area contributed by atoms with E-state index in [0.29, 0.717) is 30.5 Å². The first kappa shape index (κ1) is 20.6. The minimum Gasteiger partial charge on any atom is -0.465 e. The summed E-state index contributed by atoms with van der Waals surface area (Å²) in [4.78, 5) is 30.1. The van der Waals surface area contributed by atoms with E-state index < -0.39 is 6.09 Å². The molecule has 5 rings (SSSR count). The van der Waals surface area contributed by atoms with Crippen LogP contribution >= 0.6 is 0 Å². The van der Waals surface area contributed by atoms with Crippen LogP contribution in [0.5, 0.6) is 0 Å². The van der Waals surface area contributed by atoms with Crippen LogP contribution < -0.4 is 0 Å². The summed E-state index contributed by atoms with van der Waals surface area (Å²) in [6, 6.07) is 8.81. The third kappa shape index (κ3) is 3.67. The molecule has 1 unspecified atom stereocenters. The number of fused-ring (bicyclic) bond motifs is 1. The van der Waals surface area contributed by atoms with Crippen LogP contribution in [0, 0.1) is 11.3 Å². The van der Waals surface area contributed by atoms with Crippen LogP contribution in [-0.2, 0) is 11.3 Å². The summed E-state index contributed by atoms with van der Waals surface area (Å²) in [5.41, 5.74) is 2.65. The molecule has 3 fully saturated rings. The van der Waals surface area contributed by atoms with E-state index in [2.05, 4.69) is 17.0 Å². The van der Waals surface area contributed by atoms with Crippen LogP contribution in [0.1, 0.15) is 56.2 Å². The van der Waals surface area contributed by atoms with Gasteiger partial charge < -0.3 is 19.6 Å². The lowest BCUT2D eigenvalue weighted by Gasteiger charge is -2.52. The van der Waals surface area contributed by atoms with Crippen LogP contribution in [0.4, 0.5) is 9.59 Å². The first-order chi connectivity index (χ1) is 15.0. The number of likely N-dealkylation sites (tertiary alicyclic amines) is 2. The average Bonchev–Trinajstić information content (AvgIpc) is 3.36. The highest BCUT2D eigenvalue weighted by Crippen LogP contribution is 2.51. The molecule has 1 atom stereocenters. The van der Waals surface area contributed by atoms with Gasteiger partial charge in [0.25, 0.3) is 0 Å². The van der Waals surface area contributed by atoms with Crippen molar-refractivity contribution in [3.05, 3.63) is 35.4 Å². The Hall–Kier alpha value is -2.28. The first-order valence-corrected chi connectivity index (χ1v) is 11.7. The lowest BCUT2D eigenvalue weighted by molar-refractivity contribution is -0.0167. The minimum absolute atomic E-state index is 0.00319. The maximum absolute atomic E-state index is 12.0. The van der Waals surface area contributed by atoms with Crippen molar-refractivity contribution >= 4 is 12.2 Å². The Kier molecular flexibility index (Phi) is 5.32. The number of benzene rings is 1. The Morgan fingerprint density at radius 1 is 1.16 bits per heavy atom. The van der Waals surface area contributed by atoms with Gasteiger partial charge in [0.1, 0.15) is 0 Å². The summed E-state index contributed by atoms with van der Waals surface area (Å²) in [6.07, 6.45) is 4.54. The van der Waals surface area contributed by atoms with Crippen LogP contribution in [0.15, 0.2) is 24.3 Å². The molecule has 3 aliphatic heterocycles. The number of carbonyl (C=O) groups excluding carboxylic acids is 1. The lowest BCUT2D eigenvalue weighted by atomic mass is 9.64. The average molecular weight is 428 g/mol. The second-order valence-corrected chi connectivity index (χ2v) is 9.86. The zero-order chi connectivity index (χ0) is 21.6. The molecule has 7 heteroatoms. The Balaban J connectivity index is 1.16. The predicted octanol–water partition coefficient (Wildman–Crippen LogP) is 3.94. The Morgan fingerprint density at radius 3 is 2.61 bits per heavy atom. The van der Waals surface area contributed by atoms with Crippen molar-refractivity contribution in [3.8, 4) is 0 Å². The molecule has 3 heterocycles. The second kappa shape index (κ2) is 8.01. The molecule has 7 nitrogen and oxygen atoms in total. The van der Waals surface area contributed by atoms with E-state index in [4.69, 9.17) is 4.74 Å². The molecule has 1 spiro atoms. The lowest BCUT2D eigenvalue weighted by Crippen LogP contribution is -2.54. The van der Waals surface area contributed by atoms with Crippen LogP contribution in [0.3, 0.4) is 0 Å². The van der Waals surface area contributed by atoms with Gasteiger partial charge in [-0.25, -0.2) is 9.59 Å². The fraction of sp³-hybridized carbons (Fsp3) is 0.667. The Labute approximate surface area is 183 Å². The molecule has 1 aromatic carbocycles. The van der Waals surface area contributed by atoms with E-state index in [9.17, 15) is 14.7 Å². The summed E-state index contributed by atoms with van der Waals surface area (Å²) in [5.74, 6) is 0.385. The minimum atomic E-state index is -0.808. The fourth-order valence-electron chi connectivity index (χ4n) is 6.55. The first-order valence-electron chi connectivity index (χ1n) is 11.7. The number of hydrogen-bond acceptors (Lipinski definition) is 4. The maximum atomic E-state index is 12.0. The molecule has 1 saturated carbocycles. The highest BCUT2D eigenvalue weighted by atomic mass is 16.6. The zero-order valence-electron chi connectivity index (χ0n) is 18.3. The van der Waals surface area contributed by atoms with Crippen molar-refractivity contribution in [2.45, 2.75) is 57.7 Å². The number of ether oxygens (including phenoxy) is 1. The highest BCUT2D eigenvalue weighted by Gasteiger charge is 2.52. The number of amides is 2. The molecule has 2 saturated heterocycles. The van der Waals surface area contributed by atoms with Gasteiger partial charge in [-0.2, -0.15) is 0 Å². The smallest absolute Gasteiger partial charge is 0.409 e. The molecule has 31 heavy (non-hydrogen) atoms. The highest BCUT2D eigenvalue weighted by molar-refractivity contribution is 5.68. The van der Waals surface area contributed by atoms with Gasteiger partial charge in [0.05, 0.1) is 12.6 Å². The number of carbonyl (C=O) groups is 2. The van der Waals surface area contributed by atoms with Gasteiger partial charge in [-0.05, 0) is 74.6 Å². The maximum Gasteiger partial charge on any atom is 0.409 e. The molecule has 0 aromatic heterocycles. The third-order valence-corrected chi connectivity index (χ3v) is 8.13. The van der Waals surface area contributed by atoms with Gasteiger partial charge in [0, 0.05) is 25.7 Å². The quantitative estimate of drug-likeness (QED) is 0.791. The van der Waals surface area contributed by atoms with Gasteiger partial charge in [0.2, 0.25) is 0 Å². The number of carboxylic acid groups (broad SMARTS) is 1. The molecule has 1 N–H and O–H groups in total. The molecule has 1 aromatic rings. The van der Waals surface area contributed by atoms with Crippen molar-refractivity contribution in [1.82, 2.24) is 14.7 Å². The van der Waals surface area contributed by atoms with E-state index >= 15 is 0 Å². The largest absolute Gasteiger partial charge is 0.465 e. The van der Waals surface area contributed by atoms with E-state index in [1.807, 2.05) is 24.0 Å². The summed E-state index contributed by atoms with van der Waals surface area (Å²) in [5, 5.41) is 9.76. The van der Waals surface area contributed by atoms with E-state index in [0.717, 1.165) is 51.0 Å². The van der Waals surface area contributed by atoms with Crippen molar-refractivity contribution in [3.63, 3.8) is 0 Å². The zero-order valence-corrected chi connectivity index (χ0v) is 18.3. The van der Waals surface area contributed by atoms with Crippen LogP contribution in [-0.4, -0.2) is 70.8 Å². The number of nitrogens with zero attached hydrogens (tertiary/aromatic N) is 3. The fourth-order valence-corrected chi connectivity index (χ4v) is 6.55.